The minimum atomic E-state index is -0.0889. The van der Waals surface area contributed by atoms with Crippen molar-refractivity contribution < 1.29 is 4.79 Å². The van der Waals surface area contributed by atoms with Crippen LogP contribution >= 0.6 is 16.1 Å². The van der Waals surface area contributed by atoms with E-state index < -0.39 is 0 Å². The summed E-state index contributed by atoms with van der Waals surface area (Å²) in [6.07, 6.45) is 7.12. The Hall–Kier alpha value is -4.87. The van der Waals surface area contributed by atoms with E-state index in [2.05, 4.69) is 85.6 Å². The number of fused-ring (bicyclic) bond motifs is 2. The van der Waals surface area contributed by atoms with Crippen LogP contribution < -0.4 is 9.24 Å². The molecule has 1 fully saturated rings. The van der Waals surface area contributed by atoms with Crippen LogP contribution in [0.25, 0.3) is 38.8 Å². The van der Waals surface area contributed by atoms with Gasteiger partial charge in [0.15, 0.2) is 0 Å². The van der Waals surface area contributed by atoms with E-state index in [0.29, 0.717) is 19.0 Å². The van der Waals surface area contributed by atoms with E-state index >= 15 is 0 Å². The summed E-state index contributed by atoms with van der Waals surface area (Å²) in [6, 6.07) is 26.0. The Bertz CT molecular complexity index is 1980. The van der Waals surface area contributed by atoms with E-state index in [1.807, 2.05) is 58.0 Å². The van der Waals surface area contributed by atoms with E-state index in [9.17, 15) is 4.79 Å². The van der Waals surface area contributed by atoms with Gasteiger partial charge in [-0.2, -0.15) is 4.98 Å². The molecule has 6 aromatic rings. The Morgan fingerprint density at radius 1 is 0.956 bits per heavy atom. The molecule has 0 aliphatic carbocycles. The summed E-state index contributed by atoms with van der Waals surface area (Å²) in [5.74, 6) is 1.24. The van der Waals surface area contributed by atoms with Crippen molar-refractivity contribution in [2.45, 2.75) is 19.0 Å². The molecular weight excluding hydrogens is 630 g/mol. The average Bonchev–Trinajstić information content (AvgIpc) is 3.51. The number of imidazole rings is 1. The predicted molar refractivity (Wildman–Crippen MR) is 182 cm³/mol. The molecule has 10 nitrogen and oxygen atoms in total. The summed E-state index contributed by atoms with van der Waals surface area (Å²) >= 11 is 3.58. The second-order valence-electron chi connectivity index (χ2n) is 11.3. The van der Waals surface area contributed by atoms with Gasteiger partial charge in [0, 0.05) is 55.7 Å². The molecule has 4 heterocycles. The van der Waals surface area contributed by atoms with Gasteiger partial charge in [0.05, 0.1) is 32.9 Å². The highest BCUT2D eigenvalue weighted by atomic mass is 79.9. The Kier molecular flexibility index (Phi) is 7.86. The van der Waals surface area contributed by atoms with Crippen molar-refractivity contribution in [3.63, 3.8) is 0 Å². The number of nitrogens with one attached hydrogen (secondary N) is 1. The van der Waals surface area contributed by atoms with Gasteiger partial charge in [0.25, 0.3) is 0 Å². The van der Waals surface area contributed by atoms with E-state index in [1.165, 1.54) is 0 Å². The average molecular weight is 663 g/mol. The van der Waals surface area contributed by atoms with Gasteiger partial charge in [0.2, 0.25) is 5.95 Å². The van der Waals surface area contributed by atoms with Gasteiger partial charge in [-0.25, -0.2) is 18.7 Å². The Balaban J connectivity index is 1.07. The molecule has 1 N–H and O–H groups in total. The summed E-state index contributed by atoms with van der Waals surface area (Å²) in [5, 5.41) is 5.60. The van der Waals surface area contributed by atoms with Crippen LogP contribution in [0.1, 0.15) is 6.92 Å². The Labute approximate surface area is 269 Å². The van der Waals surface area contributed by atoms with Crippen molar-refractivity contribution in [3.05, 3.63) is 104 Å². The van der Waals surface area contributed by atoms with Crippen LogP contribution in [0, 0.1) is 0 Å². The zero-order valence-electron chi connectivity index (χ0n) is 25.0. The van der Waals surface area contributed by atoms with E-state index in [1.54, 1.807) is 28.8 Å². The fourth-order valence-corrected chi connectivity index (χ4v) is 6.53. The van der Waals surface area contributed by atoms with Crippen molar-refractivity contribution in [1.29, 1.82) is 0 Å². The van der Waals surface area contributed by atoms with Gasteiger partial charge in [0.1, 0.15) is 12.1 Å². The van der Waals surface area contributed by atoms with Crippen molar-refractivity contribution >= 4 is 55.6 Å². The maximum absolute atomic E-state index is 13.7. The van der Waals surface area contributed by atoms with Crippen LogP contribution in [0.5, 0.6) is 0 Å². The van der Waals surface area contributed by atoms with E-state index in [-0.39, 0.29) is 18.1 Å². The lowest BCUT2D eigenvalue weighted by Crippen LogP contribution is -2.59. The largest absolute Gasteiger partial charge is 0.350 e. The van der Waals surface area contributed by atoms with E-state index in [4.69, 9.17) is 4.98 Å². The molecule has 1 aliphatic heterocycles. The number of anilines is 2. The van der Waals surface area contributed by atoms with E-state index in [0.717, 1.165) is 51.0 Å². The summed E-state index contributed by atoms with van der Waals surface area (Å²) in [7, 11) is 2.09. The molecule has 3 aromatic carbocycles. The molecule has 0 spiro atoms. The van der Waals surface area contributed by atoms with Crippen LogP contribution in [0.4, 0.5) is 16.4 Å². The second kappa shape index (κ2) is 12.3. The third kappa shape index (κ3) is 5.72. The Morgan fingerprint density at radius 3 is 2.64 bits per heavy atom. The van der Waals surface area contributed by atoms with Crippen LogP contribution in [0.15, 0.2) is 104 Å². The van der Waals surface area contributed by atoms with Gasteiger partial charge >= 0.3 is 6.03 Å². The lowest BCUT2D eigenvalue weighted by atomic mass is 10.1. The minimum absolute atomic E-state index is 0.0374. The molecule has 0 bridgehead atoms. The van der Waals surface area contributed by atoms with Gasteiger partial charge in [-0.1, -0.05) is 42.5 Å². The molecule has 1 aliphatic rings. The van der Waals surface area contributed by atoms with Crippen LogP contribution in [-0.2, 0) is 0 Å². The number of pyridine rings is 1. The molecule has 0 radical (unpaired) electrons. The number of hydrogen-bond acceptors (Lipinski definition) is 7. The monoisotopic (exact) mass is 661 g/mol. The number of carbonyl (C=O) groups excluding carboxylic acids is 1. The predicted octanol–water partition coefficient (Wildman–Crippen LogP) is 6.38. The molecule has 2 atom stereocenters. The molecule has 1 saturated heterocycles. The summed E-state index contributed by atoms with van der Waals surface area (Å²) in [5.41, 5.74) is 4.83. The maximum Gasteiger partial charge on any atom is 0.334 e. The first-order valence-corrected chi connectivity index (χ1v) is 15.6. The summed E-state index contributed by atoms with van der Waals surface area (Å²) in [6.45, 7) is 4.05. The first-order valence-electron chi connectivity index (χ1n) is 14.9. The molecule has 226 valence electrons. The summed E-state index contributed by atoms with van der Waals surface area (Å²) < 4.78 is 3.55. The van der Waals surface area contributed by atoms with Crippen LogP contribution in [-0.4, -0.2) is 79.1 Å². The maximum atomic E-state index is 13.7. The quantitative estimate of drug-likeness (QED) is 0.207. The molecule has 11 heteroatoms. The third-order valence-electron chi connectivity index (χ3n) is 8.50. The van der Waals surface area contributed by atoms with Crippen molar-refractivity contribution in [3.8, 4) is 16.9 Å². The lowest BCUT2D eigenvalue weighted by molar-refractivity contribution is 0.107. The minimum Gasteiger partial charge on any atom is -0.350 e. The SMILES string of the molecule is CC(Nc1nccc(-n2cnc3cc(-c4ccncc4)ccc32)n1)C1CN(C(=O)N(Br)c2cccc3ccccc23)CCN1C. The fraction of sp³-hybridized carbons (Fsp3) is 0.206. The van der Waals surface area contributed by atoms with Gasteiger partial charge < -0.3 is 10.2 Å². The molecule has 7 rings (SSSR count). The number of hydrogen-bond donors (Lipinski definition) is 1. The highest BCUT2D eigenvalue weighted by molar-refractivity contribution is 9.10. The summed E-state index contributed by atoms with van der Waals surface area (Å²) in [4.78, 5) is 36.0. The number of nitrogens with zero attached hydrogens (tertiary/aromatic N) is 8. The van der Waals surface area contributed by atoms with Crippen LogP contribution in [0.3, 0.4) is 0 Å². The smallest absolute Gasteiger partial charge is 0.334 e. The molecule has 2 unspecified atom stereocenters. The normalized spacial score (nSPS) is 16.2. The standard InChI is InChI=1S/C34H32BrN9O/c1-23(31-21-42(19-18-41(31)2)34(45)44(35)29-9-5-7-25-6-3-4-8-27(25)29)39-33-37-17-14-32(40-33)43-22-38-28-20-26(10-11-30(28)43)24-12-15-36-16-13-24/h3-17,20,22-23,31H,18-19,21H2,1-2H3,(H,37,39,40). The van der Waals surface area contributed by atoms with Gasteiger partial charge in [-0.3, -0.25) is 14.5 Å². The van der Waals surface area contributed by atoms with Crippen molar-refractivity contribution in [2.24, 2.45) is 0 Å². The molecule has 3 aromatic heterocycles. The fourth-order valence-electron chi connectivity index (χ4n) is 5.99. The first kappa shape index (κ1) is 28.9. The van der Waals surface area contributed by atoms with Crippen molar-refractivity contribution in [1.82, 2.24) is 34.3 Å². The highest BCUT2D eigenvalue weighted by Gasteiger charge is 2.33. The molecule has 45 heavy (non-hydrogen) atoms. The number of rotatable bonds is 6. The van der Waals surface area contributed by atoms with Gasteiger partial charge in [-0.05, 0) is 66.9 Å². The number of halogens is 1. The zero-order valence-corrected chi connectivity index (χ0v) is 26.5. The number of likely N-dealkylation sites (N-methyl/N-ethyl adjacent to an activating group) is 1. The number of piperazine rings is 1. The lowest BCUT2D eigenvalue weighted by Gasteiger charge is -2.43. The zero-order chi connectivity index (χ0) is 30.9. The molecule has 2 amide bonds. The molecular formula is C34H32BrN9O. The number of benzene rings is 3. The number of amides is 2. The highest BCUT2D eigenvalue weighted by Crippen LogP contribution is 2.30. The first-order chi connectivity index (χ1) is 22.0. The van der Waals surface area contributed by atoms with Crippen molar-refractivity contribution in [2.75, 3.05) is 35.9 Å². The Morgan fingerprint density at radius 2 is 1.78 bits per heavy atom. The third-order valence-corrected chi connectivity index (χ3v) is 9.18. The van der Waals surface area contributed by atoms with Gasteiger partial charge in [-0.15, -0.1) is 0 Å². The second-order valence-corrected chi connectivity index (χ2v) is 12.0. The number of carbonyl (C=O) groups is 1. The topological polar surface area (TPSA) is 95.3 Å². The number of urea groups is 1. The van der Waals surface area contributed by atoms with Crippen LogP contribution in [0.2, 0.25) is 0 Å². The molecule has 0 saturated carbocycles. The number of aromatic nitrogens is 5.